The minimum Gasteiger partial charge on any atom is -0.373 e. The van der Waals surface area contributed by atoms with Crippen molar-refractivity contribution in [1.29, 1.82) is 0 Å². The molecule has 0 atom stereocenters. The van der Waals surface area contributed by atoms with Crippen LogP contribution in [0.5, 0.6) is 0 Å². The summed E-state index contributed by atoms with van der Waals surface area (Å²) in [7, 11) is 0. The van der Waals surface area contributed by atoms with E-state index in [0.717, 1.165) is 5.71 Å². The van der Waals surface area contributed by atoms with Crippen LogP contribution in [0.25, 0.3) is 0 Å². The molecule has 3 nitrogen and oxygen atoms in total. The monoisotopic (exact) mass is 281 g/mol. The predicted molar refractivity (Wildman–Crippen MR) is 84.9 cm³/mol. The second kappa shape index (κ2) is 6.37. The fourth-order valence-electron chi connectivity index (χ4n) is 2.06. The van der Waals surface area contributed by atoms with Crippen LogP contribution in [0.3, 0.4) is 0 Å². The molecule has 0 bridgehead atoms. The molecule has 0 saturated heterocycles. The van der Waals surface area contributed by atoms with E-state index >= 15 is 0 Å². The molecule has 1 N–H and O–H groups in total. The number of hydrogen-bond acceptors (Lipinski definition) is 3. The molecule has 0 aliphatic heterocycles. The zero-order valence-corrected chi connectivity index (χ0v) is 12.3. The van der Waals surface area contributed by atoms with Gasteiger partial charge in [-0.2, -0.15) is 0 Å². The lowest BCUT2D eigenvalue weighted by Gasteiger charge is -2.29. The van der Waals surface area contributed by atoms with E-state index in [1.165, 1.54) is 0 Å². The minimum atomic E-state index is -1.44. The molecule has 0 amide bonds. The van der Waals surface area contributed by atoms with Gasteiger partial charge in [0.1, 0.15) is 0 Å². The Hall–Kier alpha value is -2.39. The Balaban J connectivity index is 2.50. The highest BCUT2D eigenvalue weighted by molar-refractivity contribution is 5.78. The second-order valence-corrected chi connectivity index (χ2v) is 5.00. The van der Waals surface area contributed by atoms with Crippen LogP contribution in [-0.4, -0.2) is 10.8 Å². The van der Waals surface area contributed by atoms with E-state index in [9.17, 15) is 5.11 Å². The van der Waals surface area contributed by atoms with Gasteiger partial charge in [-0.05, 0) is 25.0 Å². The first-order valence-electron chi connectivity index (χ1n) is 6.76. The lowest BCUT2D eigenvalue weighted by atomic mass is 9.85. The largest absolute Gasteiger partial charge is 0.373 e. The van der Waals surface area contributed by atoms with Crippen molar-refractivity contribution >= 4 is 5.71 Å². The van der Waals surface area contributed by atoms with Gasteiger partial charge in [-0.15, -0.1) is 0 Å². The molecule has 0 radical (unpaired) electrons. The summed E-state index contributed by atoms with van der Waals surface area (Å²) in [5.41, 5.74) is 0.677. The van der Waals surface area contributed by atoms with Gasteiger partial charge in [0.25, 0.3) is 0 Å². The molecule has 21 heavy (non-hydrogen) atoms. The van der Waals surface area contributed by atoms with E-state index in [1.807, 2.05) is 74.5 Å². The molecule has 108 valence electrons. The first-order chi connectivity index (χ1) is 10.0. The topological polar surface area (TPSA) is 41.8 Å². The van der Waals surface area contributed by atoms with Crippen molar-refractivity contribution in [2.75, 3.05) is 0 Å². The maximum Gasteiger partial charge on any atom is 0.175 e. The van der Waals surface area contributed by atoms with Crippen LogP contribution >= 0.6 is 0 Å². The van der Waals surface area contributed by atoms with E-state index < -0.39 is 5.60 Å². The van der Waals surface area contributed by atoms with Crippen LogP contribution in [0.15, 0.2) is 78.2 Å². The molecular weight excluding hydrogens is 262 g/mol. The predicted octanol–water partition coefficient (Wildman–Crippen LogP) is 3.85. The lowest BCUT2D eigenvalue weighted by molar-refractivity contribution is 0.0417. The van der Waals surface area contributed by atoms with E-state index in [4.69, 9.17) is 4.84 Å². The van der Waals surface area contributed by atoms with Crippen molar-refractivity contribution in [2.45, 2.75) is 19.4 Å². The number of oxime groups is 1. The molecule has 2 aromatic rings. The zero-order valence-electron chi connectivity index (χ0n) is 12.3. The van der Waals surface area contributed by atoms with E-state index in [1.54, 1.807) is 0 Å². The molecule has 0 spiro atoms. The lowest BCUT2D eigenvalue weighted by Crippen LogP contribution is -2.30. The van der Waals surface area contributed by atoms with Crippen molar-refractivity contribution in [1.82, 2.24) is 0 Å². The van der Waals surface area contributed by atoms with Gasteiger partial charge in [0, 0.05) is 0 Å². The van der Waals surface area contributed by atoms with Crippen molar-refractivity contribution in [3.05, 3.63) is 84.1 Å². The fourth-order valence-corrected chi connectivity index (χ4v) is 2.06. The van der Waals surface area contributed by atoms with Crippen LogP contribution in [0, 0.1) is 0 Å². The molecule has 0 unspecified atom stereocenters. The van der Waals surface area contributed by atoms with Gasteiger partial charge in [-0.3, -0.25) is 0 Å². The Labute approximate surface area is 125 Å². The van der Waals surface area contributed by atoms with Crippen LogP contribution in [0.4, 0.5) is 0 Å². The number of aliphatic hydroxyl groups is 1. The number of rotatable bonds is 5. The molecule has 2 aromatic carbocycles. The standard InChI is InChI=1S/C18H19NO2/c1-14(2)19-21-15(3)18(20,16-10-6-4-7-11-16)17-12-8-5-9-13-17/h4-13,20H,3H2,1-2H3. The summed E-state index contributed by atoms with van der Waals surface area (Å²) in [6, 6.07) is 18.6. The third-order valence-electron chi connectivity index (χ3n) is 3.13. The van der Waals surface area contributed by atoms with Gasteiger partial charge >= 0.3 is 0 Å². The average Bonchev–Trinajstić information content (AvgIpc) is 2.53. The van der Waals surface area contributed by atoms with Gasteiger partial charge in [-0.25, -0.2) is 0 Å². The first kappa shape index (κ1) is 15.0. The SMILES string of the molecule is C=C(ON=C(C)C)C(O)(c1ccccc1)c1ccccc1. The third-order valence-corrected chi connectivity index (χ3v) is 3.13. The van der Waals surface area contributed by atoms with Gasteiger partial charge in [0.2, 0.25) is 0 Å². The van der Waals surface area contributed by atoms with Gasteiger partial charge < -0.3 is 9.94 Å². The van der Waals surface area contributed by atoms with Crippen LogP contribution < -0.4 is 0 Å². The van der Waals surface area contributed by atoms with Gasteiger partial charge in [0.15, 0.2) is 11.4 Å². The molecule has 2 rings (SSSR count). The summed E-state index contributed by atoms with van der Waals surface area (Å²) in [6.45, 7) is 7.51. The van der Waals surface area contributed by atoms with Crippen molar-refractivity contribution < 1.29 is 9.94 Å². The summed E-state index contributed by atoms with van der Waals surface area (Å²) in [4.78, 5) is 5.32. The molecule has 0 heterocycles. The highest BCUT2D eigenvalue weighted by Gasteiger charge is 2.37. The first-order valence-corrected chi connectivity index (χ1v) is 6.76. The summed E-state index contributed by atoms with van der Waals surface area (Å²) in [5, 5.41) is 15.1. The van der Waals surface area contributed by atoms with Crippen molar-refractivity contribution in [3.63, 3.8) is 0 Å². The van der Waals surface area contributed by atoms with E-state index in [0.29, 0.717) is 11.1 Å². The van der Waals surface area contributed by atoms with Crippen molar-refractivity contribution in [3.8, 4) is 0 Å². The number of benzene rings is 2. The van der Waals surface area contributed by atoms with E-state index in [-0.39, 0.29) is 5.76 Å². The zero-order chi connectivity index (χ0) is 15.3. The van der Waals surface area contributed by atoms with Crippen LogP contribution in [0.2, 0.25) is 0 Å². The molecule has 0 fully saturated rings. The van der Waals surface area contributed by atoms with Crippen molar-refractivity contribution in [2.24, 2.45) is 5.16 Å². The molecule has 0 aliphatic carbocycles. The smallest absolute Gasteiger partial charge is 0.175 e. The van der Waals surface area contributed by atoms with Gasteiger partial charge in [-0.1, -0.05) is 72.4 Å². The number of hydrogen-bond donors (Lipinski definition) is 1. The van der Waals surface area contributed by atoms with Gasteiger partial charge in [0.05, 0.1) is 5.71 Å². The molecule has 0 aliphatic rings. The quantitative estimate of drug-likeness (QED) is 0.514. The summed E-state index contributed by atoms with van der Waals surface area (Å²) in [5.74, 6) is 0.168. The summed E-state index contributed by atoms with van der Waals surface area (Å²) in [6.07, 6.45) is 0. The summed E-state index contributed by atoms with van der Waals surface area (Å²) < 4.78 is 0. The fraction of sp³-hybridized carbons (Fsp3) is 0.167. The average molecular weight is 281 g/mol. The van der Waals surface area contributed by atoms with E-state index in [2.05, 4.69) is 11.7 Å². The Bertz CT molecular complexity index is 589. The highest BCUT2D eigenvalue weighted by Crippen LogP contribution is 2.36. The Morgan fingerprint density at radius 1 is 0.952 bits per heavy atom. The van der Waals surface area contributed by atoms with Crippen LogP contribution in [-0.2, 0) is 10.4 Å². The molecular formula is C18H19NO2. The Morgan fingerprint density at radius 2 is 1.38 bits per heavy atom. The molecule has 3 heteroatoms. The Kier molecular flexibility index (Phi) is 4.55. The Morgan fingerprint density at radius 3 is 1.76 bits per heavy atom. The normalized spacial score (nSPS) is 10.8. The minimum absolute atomic E-state index is 0.168. The number of nitrogens with zero attached hydrogens (tertiary/aromatic N) is 1. The molecule has 0 saturated carbocycles. The second-order valence-electron chi connectivity index (χ2n) is 5.00. The molecule has 0 aromatic heterocycles. The maximum atomic E-state index is 11.2. The highest BCUT2D eigenvalue weighted by atomic mass is 16.6. The third kappa shape index (κ3) is 3.20. The summed E-state index contributed by atoms with van der Waals surface area (Å²) >= 11 is 0. The maximum absolute atomic E-state index is 11.2. The van der Waals surface area contributed by atoms with Crippen LogP contribution in [0.1, 0.15) is 25.0 Å².